The summed E-state index contributed by atoms with van der Waals surface area (Å²) in [5.41, 5.74) is 2.80. The summed E-state index contributed by atoms with van der Waals surface area (Å²) in [6, 6.07) is 11.9. The molecular formula is C18H28N2. The van der Waals surface area contributed by atoms with Crippen LogP contribution >= 0.6 is 0 Å². The molecule has 1 aromatic rings. The molecule has 0 aromatic heterocycles. The summed E-state index contributed by atoms with van der Waals surface area (Å²) in [7, 11) is 0. The molecule has 1 saturated heterocycles. The van der Waals surface area contributed by atoms with Crippen molar-refractivity contribution in [2.75, 3.05) is 19.6 Å². The highest BCUT2D eigenvalue weighted by atomic mass is 15.2. The molecule has 2 heteroatoms. The van der Waals surface area contributed by atoms with E-state index in [-0.39, 0.29) is 0 Å². The SMILES string of the molecule is CC(C)=CCN1CC(c2ccccc2)NCC1C(C)C. The second-order valence-corrected chi connectivity index (χ2v) is 6.42. The fourth-order valence-corrected chi connectivity index (χ4v) is 2.90. The maximum Gasteiger partial charge on any atom is 0.0450 e. The van der Waals surface area contributed by atoms with E-state index in [1.807, 2.05) is 0 Å². The van der Waals surface area contributed by atoms with Gasteiger partial charge in [0.1, 0.15) is 0 Å². The first-order chi connectivity index (χ1) is 9.58. The number of nitrogens with one attached hydrogen (secondary N) is 1. The molecular weight excluding hydrogens is 244 g/mol. The van der Waals surface area contributed by atoms with Crippen LogP contribution in [0.5, 0.6) is 0 Å². The number of rotatable bonds is 4. The molecule has 1 aliphatic heterocycles. The van der Waals surface area contributed by atoms with Gasteiger partial charge in [-0.25, -0.2) is 0 Å². The number of nitrogens with zero attached hydrogens (tertiary/aromatic N) is 1. The summed E-state index contributed by atoms with van der Waals surface area (Å²) in [4.78, 5) is 2.63. The minimum Gasteiger partial charge on any atom is -0.307 e. The maximum atomic E-state index is 3.72. The van der Waals surface area contributed by atoms with Crippen LogP contribution in [0.2, 0.25) is 0 Å². The molecule has 110 valence electrons. The lowest BCUT2D eigenvalue weighted by atomic mass is 9.95. The van der Waals surface area contributed by atoms with E-state index < -0.39 is 0 Å². The third-order valence-electron chi connectivity index (χ3n) is 4.17. The van der Waals surface area contributed by atoms with Crippen LogP contribution in [0.1, 0.15) is 39.3 Å². The zero-order chi connectivity index (χ0) is 14.5. The van der Waals surface area contributed by atoms with Gasteiger partial charge in [0.05, 0.1) is 0 Å². The van der Waals surface area contributed by atoms with Gasteiger partial charge in [0.15, 0.2) is 0 Å². The molecule has 2 rings (SSSR count). The predicted molar refractivity (Wildman–Crippen MR) is 86.8 cm³/mol. The Balaban J connectivity index is 2.09. The van der Waals surface area contributed by atoms with E-state index in [9.17, 15) is 0 Å². The van der Waals surface area contributed by atoms with Gasteiger partial charge >= 0.3 is 0 Å². The van der Waals surface area contributed by atoms with E-state index in [2.05, 4.69) is 74.3 Å². The first kappa shape index (κ1) is 15.3. The molecule has 2 atom stereocenters. The Morgan fingerprint density at radius 3 is 2.60 bits per heavy atom. The van der Waals surface area contributed by atoms with Crippen molar-refractivity contribution in [3.63, 3.8) is 0 Å². The van der Waals surface area contributed by atoms with Gasteiger partial charge in [-0.15, -0.1) is 0 Å². The van der Waals surface area contributed by atoms with Gasteiger partial charge in [0, 0.05) is 31.7 Å². The van der Waals surface area contributed by atoms with Crippen LogP contribution in [0, 0.1) is 5.92 Å². The van der Waals surface area contributed by atoms with Crippen molar-refractivity contribution in [2.24, 2.45) is 5.92 Å². The zero-order valence-electron chi connectivity index (χ0n) is 13.3. The highest BCUT2D eigenvalue weighted by Gasteiger charge is 2.29. The Bertz CT molecular complexity index is 432. The molecule has 1 aromatic carbocycles. The second kappa shape index (κ2) is 7.05. The van der Waals surface area contributed by atoms with Gasteiger partial charge in [-0.3, -0.25) is 4.90 Å². The van der Waals surface area contributed by atoms with E-state index in [4.69, 9.17) is 0 Å². The zero-order valence-corrected chi connectivity index (χ0v) is 13.3. The Kier molecular flexibility index (Phi) is 5.38. The van der Waals surface area contributed by atoms with Gasteiger partial charge in [0.2, 0.25) is 0 Å². The van der Waals surface area contributed by atoms with E-state index in [0.29, 0.717) is 18.0 Å². The maximum absolute atomic E-state index is 3.72. The molecule has 2 nitrogen and oxygen atoms in total. The average Bonchev–Trinajstić information content (AvgIpc) is 2.45. The van der Waals surface area contributed by atoms with E-state index in [1.165, 1.54) is 11.1 Å². The molecule has 1 heterocycles. The van der Waals surface area contributed by atoms with Crippen molar-refractivity contribution in [3.8, 4) is 0 Å². The Labute approximate surface area is 123 Å². The van der Waals surface area contributed by atoms with E-state index in [1.54, 1.807) is 0 Å². The molecule has 0 amide bonds. The van der Waals surface area contributed by atoms with Gasteiger partial charge in [-0.1, -0.05) is 55.8 Å². The summed E-state index contributed by atoms with van der Waals surface area (Å²) in [6.07, 6.45) is 2.35. The standard InChI is InChI=1S/C18H28N2/c1-14(2)10-11-20-13-17(16-8-6-5-7-9-16)19-12-18(20)15(3)4/h5-10,15,17-19H,11-13H2,1-4H3. The number of hydrogen-bond donors (Lipinski definition) is 1. The smallest absolute Gasteiger partial charge is 0.0450 e. The average molecular weight is 272 g/mol. The van der Waals surface area contributed by atoms with Crippen LogP contribution in [0.25, 0.3) is 0 Å². The highest BCUT2D eigenvalue weighted by Crippen LogP contribution is 2.23. The summed E-state index contributed by atoms with van der Waals surface area (Å²) < 4.78 is 0. The van der Waals surface area contributed by atoms with Crippen LogP contribution in [0.3, 0.4) is 0 Å². The summed E-state index contributed by atoms with van der Waals surface area (Å²) >= 11 is 0. The largest absolute Gasteiger partial charge is 0.307 e. The molecule has 1 N–H and O–H groups in total. The number of hydrogen-bond acceptors (Lipinski definition) is 2. The lowest BCUT2D eigenvalue weighted by molar-refractivity contribution is 0.111. The highest BCUT2D eigenvalue weighted by molar-refractivity contribution is 5.20. The monoisotopic (exact) mass is 272 g/mol. The fraction of sp³-hybridized carbons (Fsp3) is 0.556. The lowest BCUT2D eigenvalue weighted by Gasteiger charge is -2.42. The third-order valence-corrected chi connectivity index (χ3v) is 4.17. The third kappa shape index (κ3) is 3.94. The minimum absolute atomic E-state index is 0.455. The molecule has 0 saturated carbocycles. The number of piperazine rings is 1. The minimum atomic E-state index is 0.455. The molecule has 1 fully saturated rings. The number of allylic oxidation sites excluding steroid dienone is 1. The fourth-order valence-electron chi connectivity index (χ4n) is 2.90. The second-order valence-electron chi connectivity index (χ2n) is 6.42. The number of benzene rings is 1. The van der Waals surface area contributed by atoms with Crippen molar-refractivity contribution in [1.29, 1.82) is 0 Å². The van der Waals surface area contributed by atoms with Crippen molar-refractivity contribution in [3.05, 3.63) is 47.5 Å². The molecule has 0 spiro atoms. The van der Waals surface area contributed by atoms with Crippen molar-refractivity contribution >= 4 is 0 Å². The predicted octanol–water partition coefficient (Wildman–Crippen LogP) is 3.62. The Morgan fingerprint density at radius 2 is 2.00 bits per heavy atom. The van der Waals surface area contributed by atoms with Crippen LogP contribution < -0.4 is 5.32 Å². The summed E-state index contributed by atoms with van der Waals surface area (Å²) in [5.74, 6) is 0.685. The van der Waals surface area contributed by atoms with Crippen LogP contribution in [0.15, 0.2) is 42.0 Å². The molecule has 0 radical (unpaired) electrons. The van der Waals surface area contributed by atoms with Crippen molar-refractivity contribution in [2.45, 2.75) is 39.8 Å². The normalized spacial score (nSPS) is 23.9. The van der Waals surface area contributed by atoms with Gasteiger partial charge in [0.25, 0.3) is 0 Å². The van der Waals surface area contributed by atoms with Crippen molar-refractivity contribution < 1.29 is 0 Å². The van der Waals surface area contributed by atoms with Crippen LogP contribution in [0.4, 0.5) is 0 Å². The molecule has 0 aliphatic carbocycles. The Morgan fingerprint density at radius 1 is 1.30 bits per heavy atom. The first-order valence-corrected chi connectivity index (χ1v) is 7.73. The van der Waals surface area contributed by atoms with E-state index in [0.717, 1.165) is 19.6 Å². The first-order valence-electron chi connectivity index (χ1n) is 7.73. The topological polar surface area (TPSA) is 15.3 Å². The van der Waals surface area contributed by atoms with Gasteiger partial charge < -0.3 is 5.32 Å². The summed E-state index contributed by atoms with van der Waals surface area (Å²) in [6.45, 7) is 12.2. The van der Waals surface area contributed by atoms with E-state index >= 15 is 0 Å². The van der Waals surface area contributed by atoms with Crippen LogP contribution in [-0.2, 0) is 0 Å². The molecule has 20 heavy (non-hydrogen) atoms. The van der Waals surface area contributed by atoms with Crippen molar-refractivity contribution in [1.82, 2.24) is 10.2 Å². The Hall–Kier alpha value is -1.12. The lowest BCUT2D eigenvalue weighted by Crippen LogP contribution is -2.54. The molecule has 1 aliphatic rings. The molecule has 2 unspecified atom stereocenters. The van der Waals surface area contributed by atoms with Gasteiger partial charge in [-0.2, -0.15) is 0 Å². The quantitative estimate of drug-likeness (QED) is 0.842. The van der Waals surface area contributed by atoms with Gasteiger partial charge in [-0.05, 0) is 25.3 Å². The molecule has 0 bridgehead atoms. The van der Waals surface area contributed by atoms with Crippen LogP contribution in [-0.4, -0.2) is 30.6 Å². The summed E-state index contributed by atoms with van der Waals surface area (Å²) in [5, 5.41) is 3.72.